The quantitative estimate of drug-likeness (QED) is 0.647. The first-order chi connectivity index (χ1) is 16.4. The van der Waals surface area contributed by atoms with Crippen LogP contribution in [0.25, 0.3) is 0 Å². The second-order valence-electron chi connectivity index (χ2n) is 9.02. The summed E-state index contributed by atoms with van der Waals surface area (Å²) < 4.78 is 46.0. The van der Waals surface area contributed by atoms with Gasteiger partial charge in [0.25, 0.3) is 0 Å². The number of nitrogens with one attached hydrogen (secondary N) is 1. The molecule has 0 atom stereocenters. The van der Waals surface area contributed by atoms with Gasteiger partial charge in [-0.2, -0.15) is 4.31 Å². The highest BCUT2D eigenvalue weighted by atomic mass is 32.2. The van der Waals surface area contributed by atoms with Gasteiger partial charge >= 0.3 is 0 Å². The molecule has 0 radical (unpaired) electrons. The van der Waals surface area contributed by atoms with Crippen LogP contribution in [0.5, 0.6) is 5.75 Å². The lowest BCUT2D eigenvalue weighted by Crippen LogP contribution is -2.48. The Balaban J connectivity index is 1.21. The predicted molar refractivity (Wildman–Crippen MR) is 127 cm³/mol. The summed E-state index contributed by atoms with van der Waals surface area (Å²) in [7, 11) is -2.06. The van der Waals surface area contributed by atoms with E-state index < -0.39 is 10.0 Å². The van der Waals surface area contributed by atoms with Crippen LogP contribution in [0.15, 0.2) is 53.4 Å². The normalized spacial score (nSPS) is 19.1. The molecule has 0 saturated carbocycles. The molecular weight excluding hydrogens is 457 g/mol. The summed E-state index contributed by atoms with van der Waals surface area (Å²) in [5, 5.41) is 3.17. The molecule has 2 saturated heterocycles. The Labute approximate surface area is 200 Å². The summed E-state index contributed by atoms with van der Waals surface area (Å²) in [5.74, 6) is -0.256. The van der Waals surface area contributed by atoms with Crippen LogP contribution in [0.1, 0.15) is 31.2 Å². The van der Waals surface area contributed by atoms with Crippen LogP contribution in [-0.2, 0) is 21.4 Å². The molecule has 2 aliphatic heterocycles. The van der Waals surface area contributed by atoms with Gasteiger partial charge in [-0.15, -0.1) is 0 Å². The van der Waals surface area contributed by atoms with Crippen LogP contribution in [0.4, 0.5) is 4.39 Å². The second-order valence-corrected chi connectivity index (χ2v) is 11.0. The third-order valence-corrected chi connectivity index (χ3v) is 8.67. The Hall–Kier alpha value is -2.49. The SMILES string of the molecule is COc1ccc(CN2CCC(NC(=O)C3CCN(S(=O)(=O)c4ccccc4)CC3)CC2)cc1F. The number of amides is 1. The van der Waals surface area contributed by atoms with Crippen molar-refractivity contribution in [2.75, 3.05) is 33.3 Å². The molecule has 4 rings (SSSR count). The molecule has 34 heavy (non-hydrogen) atoms. The molecule has 1 N–H and O–H groups in total. The number of rotatable bonds is 7. The average Bonchev–Trinajstić information content (AvgIpc) is 2.86. The Morgan fingerprint density at radius 2 is 1.71 bits per heavy atom. The number of likely N-dealkylation sites (tertiary alicyclic amines) is 1. The fourth-order valence-electron chi connectivity index (χ4n) is 4.72. The molecule has 1 amide bonds. The van der Waals surface area contributed by atoms with E-state index >= 15 is 0 Å². The molecule has 9 heteroatoms. The zero-order valence-corrected chi connectivity index (χ0v) is 20.3. The molecule has 0 bridgehead atoms. The van der Waals surface area contributed by atoms with Crippen molar-refractivity contribution in [3.63, 3.8) is 0 Å². The van der Waals surface area contributed by atoms with Crippen LogP contribution in [0, 0.1) is 11.7 Å². The number of benzene rings is 2. The summed E-state index contributed by atoms with van der Waals surface area (Å²) in [6, 6.07) is 13.6. The number of halogens is 1. The monoisotopic (exact) mass is 489 g/mol. The molecule has 0 aliphatic carbocycles. The minimum Gasteiger partial charge on any atom is -0.494 e. The number of sulfonamides is 1. The zero-order valence-electron chi connectivity index (χ0n) is 19.5. The third kappa shape index (κ3) is 5.76. The lowest BCUT2D eigenvalue weighted by Gasteiger charge is -2.34. The van der Waals surface area contributed by atoms with Crippen LogP contribution < -0.4 is 10.1 Å². The van der Waals surface area contributed by atoms with E-state index in [0.29, 0.717) is 37.4 Å². The Morgan fingerprint density at radius 3 is 2.32 bits per heavy atom. The summed E-state index contributed by atoms with van der Waals surface area (Å²) >= 11 is 0. The molecule has 2 aromatic rings. The van der Waals surface area contributed by atoms with Crippen molar-refractivity contribution >= 4 is 15.9 Å². The van der Waals surface area contributed by atoms with E-state index in [4.69, 9.17) is 4.74 Å². The molecular formula is C25H32FN3O4S. The predicted octanol–water partition coefficient (Wildman–Crippen LogP) is 3.02. The molecule has 2 heterocycles. The largest absolute Gasteiger partial charge is 0.494 e. The number of methoxy groups -OCH3 is 1. The van der Waals surface area contributed by atoms with E-state index in [1.807, 2.05) is 6.07 Å². The molecule has 184 valence electrons. The van der Waals surface area contributed by atoms with Crippen LogP contribution >= 0.6 is 0 Å². The standard InChI is InChI=1S/C25H32FN3O4S/c1-33-24-8-7-19(17-23(24)26)18-28-13-11-21(12-14-28)27-25(30)20-9-15-29(16-10-20)34(31,32)22-5-3-2-4-6-22/h2-8,17,20-21H,9-16,18H2,1H3,(H,27,30). The van der Waals surface area contributed by atoms with E-state index in [2.05, 4.69) is 10.2 Å². The van der Waals surface area contributed by atoms with Gasteiger partial charge in [0.15, 0.2) is 11.6 Å². The van der Waals surface area contributed by atoms with Crippen molar-refractivity contribution in [3.05, 3.63) is 59.9 Å². The molecule has 0 spiro atoms. The van der Waals surface area contributed by atoms with Crippen molar-refractivity contribution in [1.29, 1.82) is 0 Å². The van der Waals surface area contributed by atoms with Gasteiger partial charge in [0.1, 0.15) is 0 Å². The van der Waals surface area contributed by atoms with Crippen molar-refractivity contribution in [2.45, 2.75) is 43.2 Å². The summed E-state index contributed by atoms with van der Waals surface area (Å²) in [6.45, 7) is 3.02. The van der Waals surface area contributed by atoms with Gasteiger partial charge in [-0.25, -0.2) is 12.8 Å². The van der Waals surface area contributed by atoms with E-state index in [-0.39, 0.29) is 29.4 Å². The number of nitrogens with zero attached hydrogens (tertiary/aromatic N) is 2. The molecule has 2 fully saturated rings. The summed E-state index contributed by atoms with van der Waals surface area (Å²) in [5.41, 5.74) is 0.901. The van der Waals surface area contributed by atoms with Gasteiger partial charge in [0.05, 0.1) is 12.0 Å². The highest BCUT2D eigenvalue weighted by Gasteiger charge is 2.33. The Morgan fingerprint density at radius 1 is 1.03 bits per heavy atom. The summed E-state index contributed by atoms with van der Waals surface area (Å²) in [6.07, 6.45) is 2.73. The van der Waals surface area contributed by atoms with Gasteiger partial charge in [0.2, 0.25) is 15.9 Å². The van der Waals surface area contributed by atoms with Crippen molar-refractivity contribution in [2.24, 2.45) is 5.92 Å². The number of hydrogen-bond donors (Lipinski definition) is 1. The molecule has 0 unspecified atom stereocenters. The van der Waals surface area contributed by atoms with E-state index in [1.165, 1.54) is 17.5 Å². The van der Waals surface area contributed by atoms with E-state index in [9.17, 15) is 17.6 Å². The maximum Gasteiger partial charge on any atom is 0.243 e. The summed E-state index contributed by atoms with van der Waals surface area (Å²) in [4.78, 5) is 15.4. The maximum atomic E-state index is 13.9. The first-order valence-electron chi connectivity index (χ1n) is 11.8. The zero-order chi connectivity index (χ0) is 24.1. The minimum atomic E-state index is -3.51. The van der Waals surface area contributed by atoms with E-state index in [1.54, 1.807) is 36.4 Å². The van der Waals surface area contributed by atoms with Gasteiger partial charge in [-0.1, -0.05) is 24.3 Å². The first kappa shape index (κ1) is 24.6. The number of piperidine rings is 2. The minimum absolute atomic E-state index is 0.0208. The average molecular weight is 490 g/mol. The van der Waals surface area contributed by atoms with Crippen LogP contribution in [-0.4, -0.2) is 62.9 Å². The van der Waals surface area contributed by atoms with Gasteiger partial charge in [-0.05, 0) is 55.5 Å². The third-order valence-electron chi connectivity index (χ3n) is 6.76. The van der Waals surface area contributed by atoms with Crippen molar-refractivity contribution in [3.8, 4) is 5.75 Å². The fourth-order valence-corrected chi connectivity index (χ4v) is 6.21. The first-order valence-corrected chi connectivity index (χ1v) is 13.2. The molecule has 2 aromatic carbocycles. The number of ether oxygens (including phenoxy) is 1. The smallest absolute Gasteiger partial charge is 0.243 e. The maximum absolute atomic E-state index is 13.9. The number of hydrogen-bond acceptors (Lipinski definition) is 5. The molecule has 0 aromatic heterocycles. The molecule has 7 nitrogen and oxygen atoms in total. The van der Waals surface area contributed by atoms with Crippen molar-refractivity contribution < 1.29 is 22.3 Å². The van der Waals surface area contributed by atoms with Gasteiger partial charge in [0, 0.05) is 44.7 Å². The van der Waals surface area contributed by atoms with Crippen LogP contribution in [0.3, 0.4) is 0 Å². The van der Waals surface area contributed by atoms with Gasteiger partial charge in [-0.3, -0.25) is 9.69 Å². The van der Waals surface area contributed by atoms with Gasteiger partial charge < -0.3 is 10.1 Å². The number of carbonyl (C=O) groups is 1. The number of carbonyl (C=O) groups excluding carboxylic acids is 1. The Kier molecular flexibility index (Phi) is 7.85. The molecule has 2 aliphatic rings. The lowest BCUT2D eigenvalue weighted by molar-refractivity contribution is -0.127. The highest BCUT2D eigenvalue weighted by molar-refractivity contribution is 7.89. The Bertz CT molecular complexity index is 1080. The van der Waals surface area contributed by atoms with Crippen LogP contribution in [0.2, 0.25) is 0 Å². The lowest BCUT2D eigenvalue weighted by atomic mass is 9.95. The topological polar surface area (TPSA) is 79.0 Å². The second kappa shape index (κ2) is 10.8. The fraction of sp³-hybridized carbons (Fsp3) is 0.480. The van der Waals surface area contributed by atoms with Crippen molar-refractivity contribution in [1.82, 2.24) is 14.5 Å². The highest BCUT2D eigenvalue weighted by Crippen LogP contribution is 2.25. The van der Waals surface area contributed by atoms with E-state index in [0.717, 1.165) is 31.5 Å².